The van der Waals surface area contributed by atoms with E-state index in [-0.39, 0.29) is 11.3 Å². The van der Waals surface area contributed by atoms with Gasteiger partial charge < -0.3 is 19.3 Å². The van der Waals surface area contributed by atoms with Crippen LogP contribution < -0.4 is 9.80 Å². The Balaban J connectivity index is 1.49. The first kappa shape index (κ1) is 20.5. The molecule has 1 aromatic carbocycles. The maximum Gasteiger partial charge on any atom is 0.294 e. The minimum atomic E-state index is -0.713. The number of aliphatic hydroxyl groups is 1. The van der Waals surface area contributed by atoms with Gasteiger partial charge in [-0.15, -0.1) is 11.3 Å². The van der Waals surface area contributed by atoms with Crippen molar-refractivity contribution in [2.24, 2.45) is 0 Å². The van der Waals surface area contributed by atoms with Crippen LogP contribution in [-0.4, -0.2) is 54.9 Å². The van der Waals surface area contributed by atoms with E-state index in [0.717, 1.165) is 36.7 Å². The van der Waals surface area contributed by atoms with E-state index in [2.05, 4.69) is 16.8 Å². The Kier molecular flexibility index (Phi) is 5.32. The summed E-state index contributed by atoms with van der Waals surface area (Å²) in [4.78, 5) is 33.2. The first-order valence-corrected chi connectivity index (χ1v) is 11.3. The molecule has 1 N–H and O–H groups in total. The van der Waals surface area contributed by atoms with Crippen LogP contribution in [0.25, 0.3) is 0 Å². The molecular formula is C24H23N3O4S. The Hall–Kier alpha value is -3.36. The highest BCUT2D eigenvalue weighted by molar-refractivity contribution is 7.10. The van der Waals surface area contributed by atoms with E-state index in [1.165, 1.54) is 28.6 Å². The van der Waals surface area contributed by atoms with Gasteiger partial charge in [-0.05, 0) is 54.9 Å². The number of carbonyl (C=O) groups is 2. The van der Waals surface area contributed by atoms with Crippen molar-refractivity contribution in [3.8, 4) is 0 Å². The summed E-state index contributed by atoms with van der Waals surface area (Å²) >= 11 is 1.43. The molecule has 0 spiro atoms. The highest BCUT2D eigenvalue weighted by Crippen LogP contribution is 2.43. The average molecular weight is 450 g/mol. The molecule has 1 atom stereocenters. The zero-order chi connectivity index (χ0) is 22.2. The number of piperazine rings is 1. The summed E-state index contributed by atoms with van der Waals surface area (Å²) in [5, 5.41) is 12.6. The number of aliphatic hydroxyl groups excluding tert-OH is 1. The normalized spacial score (nSPS) is 19.8. The number of furan rings is 1. The monoisotopic (exact) mass is 449 g/mol. The molecule has 2 aliphatic heterocycles. The number of thiophene rings is 1. The van der Waals surface area contributed by atoms with E-state index in [1.807, 2.05) is 41.8 Å². The quantitative estimate of drug-likeness (QED) is 0.596. The van der Waals surface area contributed by atoms with Crippen molar-refractivity contribution in [3.63, 3.8) is 0 Å². The lowest BCUT2D eigenvalue weighted by Gasteiger charge is -2.34. The first-order valence-electron chi connectivity index (χ1n) is 10.5. The Morgan fingerprint density at radius 3 is 2.38 bits per heavy atom. The van der Waals surface area contributed by atoms with Crippen LogP contribution in [0.3, 0.4) is 0 Å². The predicted molar refractivity (Wildman–Crippen MR) is 123 cm³/mol. The predicted octanol–water partition coefficient (Wildman–Crippen LogP) is 3.88. The number of hydrogen-bond donors (Lipinski definition) is 1. The van der Waals surface area contributed by atoms with Crippen LogP contribution in [0.4, 0.5) is 11.4 Å². The number of anilines is 2. The smallest absolute Gasteiger partial charge is 0.294 e. The van der Waals surface area contributed by atoms with Crippen LogP contribution in [0, 0.1) is 0 Å². The Morgan fingerprint density at radius 1 is 1.03 bits per heavy atom. The van der Waals surface area contributed by atoms with Crippen molar-refractivity contribution in [1.82, 2.24) is 4.90 Å². The van der Waals surface area contributed by atoms with Gasteiger partial charge in [0.05, 0.1) is 11.8 Å². The minimum Gasteiger partial charge on any atom is -0.503 e. The largest absolute Gasteiger partial charge is 0.503 e. The van der Waals surface area contributed by atoms with Gasteiger partial charge in [0, 0.05) is 42.4 Å². The van der Waals surface area contributed by atoms with Gasteiger partial charge in [0.1, 0.15) is 6.04 Å². The Bertz CT molecular complexity index is 1140. The lowest BCUT2D eigenvalue weighted by atomic mass is 10.00. The lowest BCUT2D eigenvalue weighted by molar-refractivity contribution is -0.117. The van der Waals surface area contributed by atoms with Crippen LogP contribution in [0.1, 0.15) is 21.5 Å². The molecule has 4 heterocycles. The molecule has 0 aliphatic carbocycles. The molecule has 3 aromatic rings. The van der Waals surface area contributed by atoms with Crippen molar-refractivity contribution < 1.29 is 19.1 Å². The molecule has 2 aromatic heterocycles. The van der Waals surface area contributed by atoms with E-state index in [0.29, 0.717) is 5.69 Å². The first-order chi connectivity index (χ1) is 15.5. The zero-order valence-corrected chi connectivity index (χ0v) is 18.4. The third kappa shape index (κ3) is 3.51. The standard InChI is InChI=1S/C24H23N3O4S/c1-25-10-12-26(13-11-25)16-6-8-17(9-7-16)27-21(19-5-3-15-32-19)20(23(29)24(27)30)22(28)18-4-2-14-31-18/h2-9,14-15,21,29H,10-13H2,1H3. The van der Waals surface area contributed by atoms with Crippen molar-refractivity contribution >= 4 is 34.4 Å². The number of amides is 1. The second-order valence-corrected chi connectivity index (χ2v) is 8.95. The summed E-state index contributed by atoms with van der Waals surface area (Å²) in [6, 6.07) is 13.9. The van der Waals surface area contributed by atoms with Crippen LogP contribution in [-0.2, 0) is 4.79 Å². The second-order valence-electron chi connectivity index (χ2n) is 7.97. The van der Waals surface area contributed by atoms with Gasteiger partial charge in [-0.3, -0.25) is 14.5 Å². The fourth-order valence-electron chi connectivity index (χ4n) is 4.25. The molecule has 2 aliphatic rings. The molecule has 1 amide bonds. The molecule has 1 unspecified atom stereocenters. The van der Waals surface area contributed by atoms with E-state index < -0.39 is 23.5 Å². The summed E-state index contributed by atoms with van der Waals surface area (Å²) in [5.41, 5.74) is 1.75. The molecule has 0 bridgehead atoms. The average Bonchev–Trinajstić information content (AvgIpc) is 3.57. The Labute approximate surface area is 189 Å². The van der Waals surface area contributed by atoms with Crippen molar-refractivity contribution in [2.75, 3.05) is 43.0 Å². The van der Waals surface area contributed by atoms with Crippen LogP contribution >= 0.6 is 11.3 Å². The molecule has 0 saturated carbocycles. The number of carbonyl (C=O) groups excluding carboxylic acids is 2. The van der Waals surface area contributed by atoms with Crippen molar-refractivity contribution in [1.29, 1.82) is 0 Å². The number of benzene rings is 1. The molecular weight excluding hydrogens is 426 g/mol. The molecule has 1 saturated heterocycles. The molecule has 5 rings (SSSR count). The SMILES string of the molecule is CN1CCN(c2ccc(N3C(=O)C(O)=C(C(=O)c4ccco4)C3c3cccs3)cc2)CC1. The van der Waals surface area contributed by atoms with Gasteiger partial charge in [-0.1, -0.05) is 6.07 Å². The molecule has 164 valence electrons. The van der Waals surface area contributed by atoms with Gasteiger partial charge in [0.15, 0.2) is 11.5 Å². The van der Waals surface area contributed by atoms with Crippen LogP contribution in [0.15, 0.2) is 75.9 Å². The lowest BCUT2D eigenvalue weighted by Crippen LogP contribution is -2.44. The van der Waals surface area contributed by atoms with Gasteiger partial charge in [-0.25, -0.2) is 0 Å². The molecule has 8 heteroatoms. The maximum atomic E-state index is 13.1. The summed E-state index contributed by atoms with van der Waals surface area (Å²) in [5.74, 6) is -1.53. The highest BCUT2D eigenvalue weighted by atomic mass is 32.1. The summed E-state index contributed by atoms with van der Waals surface area (Å²) in [6.45, 7) is 3.90. The third-order valence-corrected chi connectivity index (χ3v) is 6.93. The zero-order valence-electron chi connectivity index (χ0n) is 17.6. The number of hydrogen-bond acceptors (Lipinski definition) is 7. The Morgan fingerprint density at radius 2 is 1.75 bits per heavy atom. The van der Waals surface area contributed by atoms with E-state index >= 15 is 0 Å². The van der Waals surface area contributed by atoms with Crippen LogP contribution in [0.5, 0.6) is 0 Å². The summed E-state index contributed by atoms with van der Waals surface area (Å²) in [7, 11) is 2.12. The minimum absolute atomic E-state index is 0.0375. The summed E-state index contributed by atoms with van der Waals surface area (Å²) in [6.07, 6.45) is 1.40. The number of likely N-dealkylation sites (N-methyl/N-ethyl adjacent to an activating group) is 1. The number of rotatable bonds is 5. The van der Waals surface area contributed by atoms with Gasteiger partial charge in [0.2, 0.25) is 5.78 Å². The molecule has 7 nitrogen and oxygen atoms in total. The van der Waals surface area contributed by atoms with Gasteiger partial charge in [0.25, 0.3) is 5.91 Å². The second kappa shape index (κ2) is 8.29. The topological polar surface area (TPSA) is 77.2 Å². The summed E-state index contributed by atoms with van der Waals surface area (Å²) < 4.78 is 5.26. The fraction of sp³-hybridized carbons (Fsp3) is 0.250. The van der Waals surface area contributed by atoms with Crippen molar-refractivity contribution in [3.05, 3.63) is 82.1 Å². The van der Waals surface area contributed by atoms with E-state index in [1.54, 1.807) is 6.07 Å². The fourth-order valence-corrected chi connectivity index (χ4v) is 5.07. The van der Waals surface area contributed by atoms with Crippen molar-refractivity contribution in [2.45, 2.75) is 6.04 Å². The highest BCUT2D eigenvalue weighted by Gasteiger charge is 2.45. The number of Topliss-reactive ketones (excluding diaryl/α,β-unsaturated/α-hetero) is 1. The number of ketones is 1. The molecule has 32 heavy (non-hydrogen) atoms. The van der Waals surface area contributed by atoms with E-state index in [9.17, 15) is 14.7 Å². The maximum absolute atomic E-state index is 13.1. The molecule has 1 fully saturated rings. The van der Waals surface area contributed by atoms with Crippen LogP contribution in [0.2, 0.25) is 0 Å². The molecule has 0 radical (unpaired) electrons. The van der Waals surface area contributed by atoms with Gasteiger partial charge in [-0.2, -0.15) is 0 Å². The third-order valence-electron chi connectivity index (χ3n) is 6.01. The van der Waals surface area contributed by atoms with Gasteiger partial charge >= 0.3 is 0 Å². The van der Waals surface area contributed by atoms with E-state index in [4.69, 9.17) is 4.42 Å². The number of nitrogens with zero attached hydrogens (tertiary/aromatic N) is 3.